The SMILES string of the molecule is O=P(c1ccc(/C=C/c2ccccc2)cc1)(c1ccc(/C=C/c2ccc(Br)cc2)cc1)c1ccc(/C=C/c2ccc(Br)cc2)cc1. The molecule has 6 rings (SSSR count). The van der Waals surface area contributed by atoms with Gasteiger partial charge in [0.15, 0.2) is 7.14 Å². The fraction of sp³-hybridized carbons (Fsp3) is 0. The van der Waals surface area contributed by atoms with Gasteiger partial charge in [0.25, 0.3) is 0 Å². The molecule has 0 atom stereocenters. The molecule has 0 amide bonds. The fourth-order valence-electron chi connectivity index (χ4n) is 5.12. The van der Waals surface area contributed by atoms with Crippen LogP contribution in [0.15, 0.2) is 161 Å². The second-order valence-electron chi connectivity index (χ2n) is 10.9. The van der Waals surface area contributed by atoms with Gasteiger partial charge in [-0.1, -0.05) is 196 Å². The Morgan fingerprint density at radius 2 is 0.565 bits per heavy atom. The highest BCUT2D eigenvalue weighted by molar-refractivity contribution is 9.10. The van der Waals surface area contributed by atoms with E-state index in [1.807, 2.05) is 115 Å². The molecule has 0 radical (unpaired) electrons. The summed E-state index contributed by atoms with van der Waals surface area (Å²) in [4.78, 5) is 0. The van der Waals surface area contributed by atoms with Gasteiger partial charge < -0.3 is 4.57 Å². The Hall–Kier alpha value is -4.27. The van der Waals surface area contributed by atoms with Gasteiger partial charge in [-0.15, -0.1) is 0 Å². The number of benzene rings is 6. The van der Waals surface area contributed by atoms with E-state index < -0.39 is 7.14 Å². The molecule has 0 heterocycles. The van der Waals surface area contributed by atoms with Crippen molar-refractivity contribution in [3.8, 4) is 0 Å². The van der Waals surface area contributed by atoms with Crippen molar-refractivity contribution in [2.75, 3.05) is 0 Å². The van der Waals surface area contributed by atoms with Gasteiger partial charge in [-0.25, -0.2) is 0 Å². The van der Waals surface area contributed by atoms with Crippen molar-refractivity contribution in [2.45, 2.75) is 0 Å². The van der Waals surface area contributed by atoms with E-state index in [0.29, 0.717) is 0 Å². The Balaban J connectivity index is 1.31. The maximum absolute atomic E-state index is 15.3. The first-order valence-corrected chi connectivity index (χ1v) is 18.3. The first kappa shape index (κ1) is 31.7. The van der Waals surface area contributed by atoms with Gasteiger partial charge in [0.1, 0.15) is 0 Å². The number of rotatable bonds is 9. The zero-order valence-electron chi connectivity index (χ0n) is 25.0. The highest BCUT2D eigenvalue weighted by Crippen LogP contribution is 2.42. The summed E-state index contributed by atoms with van der Waals surface area (Å²) in [5.41, 5.74) is 6.53. The molecule has 1 nitrogen and oxygen atoms in total. The summed E-state index contributed by atoms with van der Waals surface area (Å²) in [6, 6.07) is 51.0. The molecule has 0 aliphatic heterocycles. The van der Waals surface area contributed by atoms with E-state index in [1.54, 1.807) is 0 Å². The molecule has 46 heavy (non-hydrogen) atoms. The van der Waals surface area contributed by atoms with E-state index in [0.717, 1.165) is 58.2 Å². The molecule has 0 spiro atoms. The van der Waals surface area contributed by atoms with Crippen LogP contribution >= 0.6 is 39.0 Å². The molecule has 0 saturated heterocycles. The van der Waals surface area contributed by atoms with Crippen molar-refractivity contribution in [1.82, 2.24) is 0 Å². The summed E-state index contributed by atoms with van der Waals surface area (Å²) in [5, 5.41) is 2.42. The third-order valence-electron chi connectivity index (χ3n) is 7.71. The summed E-state index contributed by atoms with van der Waals surface area (Å²) in [6.07, 6.45) is 12.5. The van der Waals surface area contributed by atoms with Crippen molar-refractivity contribution < 1.29 is 4.57 Å². The number of halogens is 2. The molecule has 0 bridgehead atoms. The van der Waals surface area contributed by atoms with E-state index in [2.05, 4.69) is 105 Å². The summed E-state index contributed by atoms with van der Waals surface area (Å²) in [6.45, 7) is 0. The highest BCUT2D eigenvalue weighted by Gasteiger charge is 2.29. The van der Waals surface area contributed by atoms with Gasteiger partial charge >= 0.3 is 0 Å². The smallest absolute Gasteiger partial charge is 0.171 e. The van der Waals surface area contributed by atoms with Gasteiger partial charge in [-0.3, -0.25) is 0 Å². The first-order valence-electron chi connectivity index (χ1n) is 15.0. The lowest BCUT2D eigenvalue weighted by molar-refractivity contribution is 0.592. The van der Waals surface area contributed by atoms with E-state index in [9.17, 15) is 0 Å². The predicted octanol–water partition coefficient (Wildman–Crippen LogP) is 11.4. The zero-order chi connectivity index (χ0) is 31.8. The van der Waals surface area contributed by atoms with Crippen LogP contribution in [-0.4, -0.2) is 0 Å². The second-order valence-corrected chi connectivity index (χ2v) is 15.5. The van der Waals surface area contributed by atoms with Crippen molar-refractivity contribution in [1.29, 1.82) is 0 Å². The monoisotopic (exact) mass is 740 g/mol. The molecular formula is C42H31Br2OP. The van der Waals surface area contributed by atoms with Crippen molar-refractivity contribution in [3.63, 3.8) is 0 Å². The molecule has 0 fully saturated rings. The maximum atomic E-state index is 15.3. The van der Waals surface area contributed by atoms with Crippen LogP contribution in [0.5, 0.6) is 0 Å². The lowest BCUT2D eigenvalue weighted by atomic mass is 10.1. The normalized spacial score (nSPS) is 12.0. The predicted molar refractivity (Wildman–Crippen MR) is 207 cm³/mol. The molecule has 0 unspecified atom stereocenters. The van der Waals surface area contributed by atoms with E-state index >= 15 is 4.57 Å². The minimum absolute atomic E-state index is 0.805. The standard InChI is InChI=1S/C42H31Br2OP/c43-38-22-12-33(13-23-38)8-10-36-18-28-41(29-19-36)46(45,40-26-16-35(17-27-40)7-6-32-4-2-1-3-5-32)42-30-20-37(21-31-42)11-9-34-14-24-39(44)25-15-34/h1-31H/b7-6+,10-8+,11-9+. The van der Waals surface area contributed by atoms with Crippen LogP contribution in [0.25, 0.3) is 36.5 Å². The Morgan fingerprint density at radius 3 is 0.848 bits per heavy atom. The first-order chi connectivity index (χ1) is 22.5. The third-order valence-corrected chi connectivity index (χ3v) is 11.8. The minimum Gasteiger partial charge on any atom is -0.309 e. The fourth-order valence-corrected chi connectivity index (χ4v) is 8.25. The molecule has 0 aromatic heterocycles. The van der Waals surface area contributed by atoms with Crippen LogP contribution in [0.3, 0.4) is 0 Å². The lowest BCUT2D eigenvalue weighted by Crippen LogP contribution is -2.25. The summed E-state index contributed by atoms with van der Waals surface area (Å²) < 4.78 is 17.4. The van der Waals surface area contributed by atoms with Gasteiger partial charge in [0.2, 0.25) is 0 Å². The molecule has 0 aliphatic rings. The molecule has 224 valence electrons. The molecule has 6 aromatic rings. The van der Waals surface area contributed by atoms with Crippen LogP contribution < -0.4 is 15.9 Å². The molecule has 0 aliphatic carbocycles. The van der Waals surface area contributed by atoms with Crippen molar-refractivity contribution in [2.24, 2.45) is 0 Å². The Bertz CT molecular complexity index is 1920. The van der Waals surface area contributed by atoms with Crippen LogP contribution in [0.2, 0.25) is 0 Å². The topological polar surface area (TPSA) is 17.1 Å². The molecule has 0 saturated carbocycles. The summed E-state index contributed by atoms with van der Waals surface area (Å²) >= 11 is 6.98. The number of hydrogen-bond donors (Lipinski definition) is 0. The average Bonchev–Trinajstić information content (AvgIpc) is 3.11. The number of hydrogen-bond acceptors (Lipinski definition) is 1. The van der Waals surface area contributed by atoms with E-state index in [-0.39, 0.29) is 0 Å². The van der Waals surface area contributed by atoms with Gasteiger partial charge in [-0.05, 0) is 57.6 Å². The van der Waals surface area contributed by atoms with Crippen LogP contribution in [0, 0.1) is 0 Å². The Kier molecular flexibility index (Phi) is 10.3. The van der Waals surface area contributed by atoms with Crippen LogP contribution in [-0.2, 0) is 4.57 Å². The Morgan fingerprint density at radius 1 is 0.326 bits per heavy atom. The minimum atomic E-state index is -3.16. The van der Waals surface area contributed by atoms with Crippen molar-refractivity contribution in [3.05, 3.63) is 194 Å². The quantitative estimate of drug-likeness (QED) is 0.107. The molecule has 0 N–H and O–H groups in total. The summed E-state index contributed by atoms with van der Waals surface area (Å²) in [7, 11) is -3.16. The lowest BCUT2D eigenvalue weighted by Gasteiger charge is -2.20. The zero-order valence-corrected chi connectivity index (χ0v) is 29.1. The largest absolute Gasteiger partial charge is 0.309 e. The van der Waals surface area contributed by atoms with E-state index in [1.165, 1.54) is 0 Å². The van der Waals surface area contributed by atoms with Crippen LogP contribution in [0.1, 0.15) is 33.4 Å². The van der Waals surface area contributed by atoms with Gasteiger partial charge in [0, 0.05) is 24.9 Å². The van der Waals surface area contributed by atoms with Gasteiger partial charge in [-0.2, -0.15) is 0 Å². The van der Waals surface area contributed by atoms with Crippen molar-refractivity contribution >= 4 is 91.4 Å². The Labute approximate surface area is 288 Å². The highest BCUT2D eigenvalue weighted by atomic mass is 79.9. The second kappa shape index (κ2) is 14.9. The summed E-state index contributed by atoms with van der Waals surface area (Å²) in [5.74, 6) is 0. The van der Waals surface area contributed by atoms with Gasteiger partial charge in [0.05, 0.1) is 0 Å². The average molecular weight is 742 g/mol. The molecule has 6 aromatic carbocycles. The van der Waals surface area contributed by atoms with Crippen LogP contribution in [0.4, 0.5) is 0 Å². The maximum Gasteiger partial charge on any atom is 0.171 e. The molecule has 4 heteroatoms. The van der Waals surface area contributed by atoms with E-state index in [4.69, 9.17) is 0 Å². The third kappa shape index (κ3) is 7.92. The molecular weight excluding hydrogens is 711 g/mol.